The van der Waals surface area contributed by atoms with Gasteiger partial charge in [0.05, 0.1) is 15.4 Å². The number of benzene rings is 1. The molecule has 1 aromatic rings. The van der Waals surface area contributed by atoms with Crippen molar-refractivity contribution in [2.75, 3.05) is 11.5 Å². The Morgan fingerprint density at radius 3 is 2.24 bits per heavy atom. The Labute approximate surface area is 108 Å². The molecule has 6 heteroatoms. The van der Waals surface area contributed by atoms with Gasteiger partial charge >= 0.3 is 0 Å². The molecular weight excluding hydrogens is 312 g/mol. The Balaban J connectivity index is 2.22. The van der Waals surface area contributed by atoms with E-state index in [1.54, 1.807) is 24.3 Å². The molecular formula is C11H12BrF2NOS. The summed E-state index contributed by atoms with van der Waals surface area (Å²) in [5.41, 5.74) is 0.586. The molecule has 1 saturated heterocycles. The Morgan fingerprint density at radius 1 is 1.18 bits per heavy atom. The average Bonchev–Trinajstić information content (AvgIpc) is 2.27. The van der Waals surface area contributed by atoms with Crippen LogP contribution in [0.25, 0.3) is 0 Å². The van der Waals surface area contributed by atoms with Gasteiger partial charge in [-0.25, -0.2) is 13.0 Å². The molecule has 1 fully saturated rings. The Hall–Kier alpha value is -0.490. The van der Waals surface area contributed by atoms with Crippen LogP contribution in [-0.2, 0) is 9.73 Å². The third kappa shape index (κ3) is 3.48. The second-order valence-corrected chi connectivity index (χ2v) is 7.56. The zero-order valence-corrected chi connectivity index (χ0v) is 11.4. The zero-order chi connectivity index (χ0) is 12.5. The maximum Gasteiger partial charge on any atom is 0.250 e. The van der Waals surface area contributed by atoms with Crippen LogP contribution in [0, 0.1) is 0 Å². The summed E-state index contributed by atoms with van der Waals surface area (Å²) in [6, 6.07) is 7.03. The van der Waals surface area contributed by atoms with Gasteiger partial charge in [-0.15, -0.1) is 0 Å². The summed E-state index contributed by atoms with van der Waals surface area (Å²) in [5.74, 6) is -2.71. The number of nitrogens with zero attached hydrogens (tertiary/aromatic N) is 1. The van der Waals surface area contributed by atoms with Crippen LogP contribution in [0.2, 0.25) is 0 Å². The largest absolute Gasteiger partial charge is 0.250 e. The van der Waals surface area contributed by atoms with Gasteiger partial charge in [-0.3, -0.25) is 0 Å². The van der Waals surface area contributed by atoms with E-state index >= 15 is 0 Å². The van der Waals surface area contributed by atoms with Gasteiger partial charge in [-0.1, -0.05) is 15.9 Å². The summed E-state index contributed by atoms with van der Waals surface area (Å²) in [6.45, 7) is 0. The van der Waals surface area contributed by atoms with Crippen molar-refractivity contribution >= 4 is 31.3 Å². The first-order valence-corrected chi connectivity index (χ1v) is 7.89. The van der Waals surface area contributed by atoms with Crippen LogP contribution in [0.5, 0.6) is 0 Å². The van der Waals surface area contributed by atoms with Gasteiger partial charge in [-0.05, 0) is 24.3 Å². The smallest absolute Gasteiger partial charge is 0.249 e. The maximum atomic E-state index is 13.0. The van der Waals surface area contributed by atoms with Crippen molar-refractivity contribution in [3.63, 3.8) is 0 Å². The van der Waals surface area contributed by atoms with Crippen LogP contribution < -0.4 is 0 Å². The summed E-state index contributed by atoms with van der Waals surface area (Å²) in [6.07, 6.45) is -0.655. The molecule has 1 aliphatic rings. The minimum atomic E-state index is -2.67. The summed E-state index contributed by atoms with van der Waals surface area (Å²) < 4.78 is 43.2. The van der Waals surface area contributed by atoms with Gasteiger partial charge in [0, 0.05) is 28.8 Å². The van der Waals surface area contributed by atoms with E-state index < -0.39 is 15.7 Å². The molecule has 1 aromatic carbocycles. The Morgan fingerprint density at radius 2 is 1.71 bits per heavy atom. The molecule has 0 aliphatic carbocycles. The molecule has 94 valence electrons. The SMILES string of the molecule is O=S1(=Nc2ccc(Br)cc2)CCC(F)(F)CC1. The molecule has 1 heterocycles. The first-order valence-electron chi connectivity index (χ1n) is 5.25. The fraction of sp³-hybridized carbons (Fsp3) is 0.455. The maximum absolute atomic E-state index is 13.0. The van der Waals surface area contributed by atoms with Gasteiger partial charge in [0.15, 0.2) is 0 Å². The van der Waals surface area contributed by atoms with Crippen LogP contribution >= 0.6 is 15.9 Å². The van der Waals surface area contributed by atoms with Crippen molar-refractivity contribution in [3.05, 3.63) is 28.7 Å². The molecule has 0 bridgehead atoms. The lowest BCUT2D eigenvalue weighted by Gasteiger charge is -2.23. The van der Waals surface area contributed by atoms with Crippen molar-refractivity contribution in [3.8, 4) is 0 Å². The fourth-order valence-corrected chi connectivity index (χ4v) is 4.02. The summed E-state index contributed by atoms with van der Waals surface area (Å²) in [5, 5.41) is 0. The lowest BCUT2D eigenvalue weighted by molar-refractivity contribution is -0.00780. The van der Waals surface area contributed by atoms with Crippen molar-refractivity contribution in [1.29, 1.82) is 0 Å². The van der Waals surface area contributed by atoms with E-state index in [1.165, 1.54) is 0 Å². The first-order chi connectivity index (χ1) is 7.89. The topological polar surface area (TPSA) is 29.4 Å². The highest BCUT2D eigenvalue weighted by Gasteiger charge is 2.36. The van der Waals surface area contributed by atoms with E-state index in [4.69, 9.17) is 0 Å². The molecule has 0 unspecified atom stereocenters. The predicted octanol–water partition coefficient (Wildman–Crippen LogP) is 3.98. The fourth-order valence-electron chi connectivity index (χ4n) is 1.63. The van der Waals surface area contributed by atoms with E-state index in [1.807, 2.05) is 0 Å². The van der Waals surface area contributed by atoms with Gasteiger partial charge in [-0.2, -0.15) is 4.36 Å². The Bertz CT molecular complexity index is 505. The quantitative estimate of drug-likeness (QED) is 0.768. The second kappa shape index (κ2) is 4.65. The number of hydrogen-bond acceptors (Lipinski definition) is 2. The second-order valence-electron chi connectivity index (χ2n) is 4.10. The highest BCUT2D eigenvalue weighted by atomic mass is 79.9. The lowest BCUT2D eigenvalue weighted by Crippen LogP contribution is -2.31. The third-order valence-corrected chi connectivity index (χ3v) is 5.43. The number of alkyl halides is 2. The molecule has 2 rings (SSSR count). The van der Waals surface area contributed by atoms with Gasteiger partial charge in [0.2, 0.25) is 5.92 Å². The standard InChI is InChI=1S/C11H12BrF2NOS/c12-9-1-3-10(4-2-9)15-17(16)7-5-11(13,14)6-8-17/h1-4H,5-8H2. The molecule has 0 aromatic heterocycles. The molecule has 0 N–H and O–H groups in total. The molecule has 17 heavy (non-hydrogen) atoms. The highest BCUT2D eigenvalue weighted by Crippen LogP contribution is 2.31. The molecule has 0 saturated carbocycles. The number of hydrogen-bond donors (Lipinski definition) is 0. The molecule has 0 radical (unpaired) electrons. The van der Waals surface area contributed by atoms with Crippen LogP contribution in [0.3, 0.4) is 0 Å². The van der Waals surface area contributed by atoms with Crippen LogP contribution in [-0.4, -0.2) is 21.6 Å². The highest BCUT2D eigenvalue weighted by molar-refractivity contribution is 9.10. The predicted molar refractivity (Wildman–Crippen MR) is 68.3 cm³/mol. The van der Waals surface area contributed by atoms with Crippen LogP contribution in [0.1, 0.15) is 12.8 Å². The minimum Gasteiger partial charge on any atom is -0.249 e. The van der Waals surface area contributed by atoms with E-state index in [-0.39, 0.29) is 24.3 Å². The lowest BCUT2D eigenvalue weighted by atomic mass is 10.2. The molecule has 0 amide bonds. The number of rotatable bonds is 1. The first kappa shape index (κ1) is 13.0. The van der Waals surface area contributed by atoms with E-state index in [2.05, 4.69) is 20.3 Å². The number of halogens is 3. The molecule has 2 nitrogen and oxygen atoms in total. The average molecular weight is 324 g/mol. The summed E-state index contributed by atoms with van der Waals surface area (Å²) in [7, 11) is -2.50. The van der Waals surface area contributed by atoms with Crippen LogP contribution in [0.15, 0.2) is 33.1 Å². The summed E-state index contributed by atoms with van der Waals surface area (Å²) in [4.78, 5) is 0. The molecule has 0 spiro atoms. The monoisotopic (exact) mass is 323 g/mol. The normalized spacial score (nSPS) is 22.1. The van der Waals surface area contributed by atoms with Crippen molar-refractivity contribution in [2.45, 2.75) is 18.8 Å². The van der Waals surface area contributed by atoms with Crippen LogP contribution in [0.4, 0.5) is 14.5 Å². The van der Waals surface area contributed by atoms with Gasteiger partial charge < -0.3 is 0 Å². The van der Waals surface area contributed by atoms with Crippen molar-refractivity contribution in [1.82, 2.24) is 0 Å². The minimum absolute atomic E-state index is 0.0178. The molecule has 0 atom stereocenters. The van der Waals surface area contributed by atoms with Crippen molar-refractivity contribution in [2.24, 2.45) is 4.36 Å². The van der Waals surface area contributed by atoms with Gasteiger partial charge in [0.1, 0.15) is 0 Å². The zero-order valence-electron chi connectivity index (χ0n) is 9.04. The van der Waals surface area contributed by atoms with E-state index in [0.29, 0.717) is 5.69 Å². The van der Waals surface area contributed by atoms with E-state index in [9.17, 15) is 13.0 Å². The Kier molecular flexibility index (Phi) is 3.54. The summed E-state index contributed by atoms with van der Waals surface area (Å²) >= 11 is 3.29. The third-order valence-electron chi connectivity index (χ3n) is 2.67. The molecule has 1 aliphatic heterocycles. The van der Waals surface area contributed by atoms with Gasteiger partial charge in [0.25, 0.3) is 0 Å². The van der Waals surface area contributed by atoms with E-state index in [0.717, 1.165) is 4.47 Å². The van der Waals surface area contributed by atoms with Crippen molar-refractivity contribution < 1.29 is 13.0 Å².